The van der Waals surface area contributed by atoms with Crippen LogP contribution in [-0.4, -0.2) is 44.6 Å². The van der Waals surface area contributed by atoms with Gasteiger partial charge in [-0.1, -0.05) is 0 Å². The number of fused-ring (bicyclic) bond motifs is 1. The number of ether oxygens (including phenoxy) is 3. The molecule has 5 nitrogen and oxygen atoms in total. The van der Waals surface area contributed by atoms with Crippen LogP contribution in [-0.2, 0) is 9.53 Å². The smallest absolute Gasteiger partial charge is 0.326 e. The molecular formula is C15H21NO4S. The topological polar surface area (TPSA) is 56.8 Å². The predicted molar refractivity (Wildman–Crippen MR) is 82.3 cm³/mol. The minimum Gasteiger partial charge on any atom is -0.490 e. The van der Waals surface area contributed by atoms with Gasteiger partial charge < -0.3 is 19.5 Å². The molecule has 1 aromatic rings. The van der Waals surface area contributed by atoms with E-state index in [2.05, 4.69) is 5.32 Å². The van der Waals surface area contributed by atoms with E-state index in [-0.39, 0.29) is 5.97 Å². The maximum atomic E-state index is 11.8. The van der Waals surface area contributed by atoms with Gasteiger partial charge in [0.1, 0.15) is 5.54 Å². The van der Waals surface area contributed by atoms with E-state index in [1.165, 1.54) is 7.11 Å². The van der Waals surface area contributed by atoms with Gasteiger partial charge in [-0.2, -0.15) is 0 Å². The molecule has 6 heteroatoms. The highest BCUT2D eigenvalue weighted by Crippen LogP contribution is 2.34. The van der Waals surface area contributed by atoms with Crippen LogP contribution in [0.15, 0.2) is 23.1 Å². The Bertz CT molecular complexity index is 508. The maximum absolute atomic E-state index is 11.8. The normalized spacial score (nSPS) is 16.7. The number of likely N-dealkylation sites (N-methyl/N-ethyl adjacent to an activating group) is 1. The van der Waals surface area contributed by atoms with E-state index in [9.17, 15) is 4.79 Å². The molecular weight excluding hydrogens is 290 g/mol. The van der Waals surface area contributed by atoms with Crippen molar-refractivity contribution in [2.45, 2.75) is 23.8 Å². The van der Waals surface area contributed by atoms with E-state index < -0.39 is 5.54 Å². The lowest BCUT2D eigenvalue weighted by Gasteiger charge is -2.25. The van der Waals surface area contributed by atoms with E-state index in [1.54, 1.807) is 18.8 Å². The quantitative estimate of drug-likeness (QED) is 0.664. The summed E-state index contributed by atoms with van der Waals surface area (Å²) >= 11 is 1.58. The average Bonchev–Trinajstić information content (AvgIpc) is 2.76. The van der Waals surface area contributed by atoms with Crippen LogP contribution in [0.3, 0.4) is 0 Å². The zero-order valence-electron chi connectivity index (χ0n) is 12.6. The number of thioether (sulfide) groups is 1. The standard InChI is InChI=1S/C15H21NO4S/c1-15(16-2,14(17)18-3)10-21-11-5-6-12-13(9-11)20-8-4-7-19-12/h5-6,9,16H,4,7-8,10H2,1-3H3. The van der Waals surface area contributed by atoms with Crippen LogP contribution < -0.4 is 14.8 Å². The molecule has 21 heavy (non-hydrogen) atoms. The first-order valence-electron chi connectivity index (χ1n) is 6.89. The Morgan fingerprint density at radius 2 is 2.10 bits per heavy atom. The van der Waals surface area contributed by atoms with E-state index in [0.29, 0.717) is 19.0 Å². The summed E-state index contributed by atoms with van der Waals surface area (Å²) in [6.45, 7) is 3.17. The highest BCUT2D eigenvalue weighted by molar-refractivity contribution is 7.99. The molecule has 1 heterocycles. The first kappa shape index (κ1) is 16.0. The fourth-order valence-electron chi connectivity index (χ4n) is 1.92. The maximum Gasteiger partial charge on any atom is 0.326 e. The summed E-state index contributed by atoms with van der Waals surface area (Å²) in [4.78, 5) is 12.9. The number of rotatable bonds is 5. The summed E-state index contributed by atoms with van der Waals surface area (Å²) in [6.07, 6.45) is 0.886. The van der Waals surface area contributed by atoms with E-state index in [1.807, 2.05) is 25.1 Å². The molecule has 1 N–H and O–H groups in total. The SMILES string of the molecule is CNC(C)(CSc1ccc2c(c1)OCCCO2)C(=O)OC. The second kappa shape index (κ2) is 7.04. The third-order valence-electron chi connectivity index (χ3n) is 3.43. The molecule has 0 radical (unpaired) electrons. The van der Waals surface area contributed by atoms with Crippen molar-refractivity contribution in [1.29, 1.82) is 0 Å². The molecule has 0 aromatic heterocycles. The number of carbonyl (C=O) groups is 1. The largest absolute Gasteiger partial charge is 0.490 e. The van der Waals surface area contributed by atoms with Crippen molar-refractivity contribution in [3.63, 3.8) is 0 Å². The summed E-state index contributed by atoms with van der Waals surface area (Å²) in [6, 6.07) is 5.85. The second-order valence-corrected chi connectivity index (χ2v) is 6.07. The summed E-state index contributed by atoms with van der Waals surface area (Å²) in [5, 5.41) is 3.02. The highest BCUT2D eigenvalue weighted by atomic mass is 32.2. The lowest BCUT2D eigenvalue weighted by atomic mass is 10.1. The molecule has 0 bridgehead atoms. The number of nitrogens with one attached hydrogen (secondary N) is 1. The molecule has 2 rings (SSSR count). The Hall–Kier alpha value is -1.40. The third-order valence-corrected chi connectivity index (χ3v) is 4.74. The van der Waals surface area contributed by atoms with Gasteiger partial charge in [0.2, 0.25) is 0 Å². The first-order chi connectivity index (χ1) is 10.1. The van der Waals surface area contributed by atoms with Crippen LogP contribution in [0.4, 0.5) is 0 Å². The van der Waals surface area contributed by atoms with Gasteiger partial charge in [0.25, 0.3) is 0 Å². The van der Waals surface area contributed by atoms with Gasteiger partial charge >= 0.3 is 5.97 Å². The Morgan fingerprint density at radius 1 is 1.38 bits per heavy atom. The molecule has 0 aliphatic carbocycles. The van der Waals surface area contributed by atoms with E-state index >= 15 is 0 Å². The number of hydrogen-bond acceptors (Lipinski definition) is 6. The zero-order chi connectivity index (χ0) is 15.3. The number of methoxy groups -OCH3 is 1. The van der Waals surface area contributed by atoms with Crippen LogP contribution in [0.1, 0.15) is 13.3 Å². The monoisotopic (exact) mass is 311 g/mol. The van der Waals surface area contributed by atoms with Gasteiger partial charge in [-0.25, -0.2) is 0 Å². The van der Waals surface area contributed by atoms with Crippen molar-refractivity contribution in [1.82, 2.24) is 5.32 Å². The third kappa shape index (κ3) is 3.83. The number of esters is 1. The Balaban J connectivity index is 2.06. The van der Waals surface area contributed by atoms with Crippen LogP contribution >= 0.6 is 11.8 Å². The highest BCUT2D eigenvalue weighted by Gasteiger charge is 2.32. The molecule has 1 aliphatic rings. The van der Waals surface area contributed by atoms with Crippen LogP contribution in [0.5, 0.6) is 11.5 Å². The van der Waals surface area contributed by atoms with Crippen molar-refractivity contribution in [2.75, 3.05) is 33.1 Å². The zero-order valence-corrected chi connectivity index (χ0v) is 13.4. The fraction of sp³-hybridized carbons (Fsp3) is 0.533. The summed E-state index contributed by atoms with van der Waals surface area (Å²) in [5.74, 6) is 1.84. The summed E-state index contributed by atoms with van der Waals surface area (Å²) < 4.78 is 16.1. The Labute approximate surface area is 129 Å². The van der Waals surface area contributed by atoms with Gasteiger partial charge in [0, 0.05) is 17.1 Å². The molecule has 0 saturated carbocycles. The molecule has 0 spiro atoms. The molecule has 1 atom stereocenters. The molecule has 1 aromatic carbocycles. The van der Waals surface area contributed by atoms with Gasteiger partial charge in [-0.05, 0) is 32.2 Å². The van der Waals surface area contributed by atoms with Gasteiger partial charge in [-0.15, -0.1) is 11.8 Å². The van der Waals surface area contributed by atoms with Gasteiger partial charge in [0.15, 0.2) is 11.5 Å². The number of carbonyl (C=O) groups excluding carboxylic acids is 1. The minimum absolute atomic E-state index is 0.271. The van der Waals surface area contributed by atoms with Gasteiger partial charge in [-0.3, -0.25) is 4.79 Å². The Kier molecular flexibility index (Phi) is 5.36. The van der Waals surface area contributed by atoms with Gasteiger partial charge in [0.05, 0.1) is 20.3 Å². The van der Waals surface area contributed by atoms with Crippen molar-refractivity contribution >= 4 is 17.7 Å². The molecule has 0 fully saturated rings. The van der Waals surface area contributed by atoms with Crippen LogP contribution in [0, 0.1) is 0 Å². The lowest BCUT2D eigenvalue weighted by molar-refractivity contribution is -0.146. The number of benzene rings is 1. The van der Waals surface area contributed by atoms with Crippen molar-refractivity contribution in [3.8, 4) is 11.5 Å². The van der Waals surface area contributed by atoms with Crippen LogP contribution in [0.25, 0.3) is 0 Å². The molecule has 1 unspecified atom stereocenters. The second-order valence-electron chi connectivity index (χ2n) is 5.02. The average molecular weight is 311 g/mol. The molecule has 0 saturated heterocycles. The van der Waals surface area contributed by atoms with Crippen LogP contribution in [0.2, 0.25) is 0 Å². The molecule has 116 valence electrons. The molecule has 0 amide bonds. The van der Waals surface area contributed by atoms with Crippen molar-refractivity contribution < 1.29 is 19.0 Å². The van der Waals surface area contributed by atoms with Crippen molar-refractivity contribution in [3.05, 3.63) is 18.2 Å². The predicted octanol–water partition coefficient (Wildman–Crippen LogP) is 2.09. The summed E-state index contributed by atoms with van der Waals surface area (Å²) in [7, 11) is 3.15. The Morgan fingerprint density at radius 3 is 2.76 bits per heavy atom. The fourth-order valence-corrected chi connectivity index (χ4v) is 2.99. The summed E-state index contributed by atoms with van der Waals surface area (Å²) in [5.41, 5.74) is -0.719. The van der Waals surface area contributed by atoms with E-state index in [0.717, 1.165) is 22.8 Å². The first-order valence-corrected chi connectivity index (χ1v) is 7.87. The van der Waals surface area contributed by atoms with E-state index in [4.69, 9.17) is 14.2 Å². The lowest BCUT2D eigenvalue weighted by Crippen LogP contribution is -2.50. The minimum atomic E-state index is -0.719. The molecule has 1 aliphatic heterocycles. The van der Waals surface area contributed by atoms with Crippen molar-refractivity contribution in [2.24, 2.45) is 0 Å². The number of hydrogen-bond donors (Lipinski definition) is 1.